The highest BCUT2D eigenvalue weighted by Crippen LogP contribution is 2.25. The Hall–Kier alpha value is -1.40. The highest BCUT2D eigenvalue weighted by atomic mass is 16.5. The van der Waals surface area contributed by atoms with Crippen LogP contribution in [0.2, 0.25) is 0 Å². The number of aromatic nitrogens is 2. The van der Waals surface area contributed by atoms with Crippen LogP contribution in [0, 0.1) is 5.92 Å². The molecule has 0 atom stereocenters. The number of amides is 1. The van der Waals surface area contributed by atoms with Crippen molar-refractivity contribution in [2.75, 3.05) is 32.8 Å². The summed E-state index contributed by atoms with van der Waals surface area (Å²) in [6, 6.07) is 2.82. The molecule has 122 valence electrons. The minimum absolute atomic E-state index is 0.0604. The Morgan fingerprint density at radius 3 is 2.73 bits per heavy atom. The number of hydrogen-bond donors (Lipinski definition) is 1. The number of aromatic amines is 1. The monoisotopic (exact) mass is 306 g/mol. The van der Waals surface area contributed by atoms with Gasteiger partial charge in [0.05, 0.1) is 0 Å². The van der Waals surface area contributed by atoms with Gasteiger partial charge in [0.1, 0.15) is 5.69 Å². The molecule has 6 nitrogen and oxygen atoms in total. The van der Waals surface area contributed by atoms with Crippen molar-refractivity contribution in [2.24, 2.45) is 5.92 Å². The SMILES string of the molecule is CC(C)CN(C1CCOCC1)C1CN(C(=O)c2ccn[nH]2)C1. The van der Waals surface area contributed by atoms with Crippen molar-refractivity contribution < 1.29 is 9.53 Å². The summed E-state index contributed by atoms with van der Waals surface area (Å²) in [6.45, 7) is 8.99. The van der Waals surface area contributed by atoms with E-state index in [9.17, 15) is 4.79 Å². The number of ether oxygens (including phenoxy) is 1. The fourth-order valence-electron chi connectivity index (χ4n) is 3.41. The zero-order chi connectivity index (χ0) is 15.5. The average Bonchev–Trinajstić information content (AvgIpc) is 2.99. The van der Waals surface area contributed by atoms with Gasteiger partial charge >= 0.3 is 0 Å². The lowest BCUT2D eigenvalue weighted by atomic mass is 9.98. The predicted molar refractivity (Wildman–Crippen MR) is 83.7 cm³/mol. The number of nitrogens with one attached hydrogen (secondary N) is 1. The van der Waals surface area contributed by atoms with Gasteiger partial charge in [0, 0.05) is 51.1 Å². The zero-order valence-corrected chi connectivity index (χ0v) is 13.5. The van der Waals surface area contributed by atoms with Crippen molar-refractivity contribution in [1.29, 1.82) is 0 Å². The summed E-state index contributed by atoms with van der Waals surface area (Å²) in [7, 11) is 0. The highest BCUT2D eigenvalue weighted by Gasteiger charge is 2.38. The summed E-state index contributed by atoms with van der Waals surface area (Å²) < 4.78 is 5.49. The van der Waals surface area contributed by atoms with Gasteiger partial charge in [0.25, 0.3) is 5.91 Å². The molecule has 1 N–H and O–H groups in total. The van der Waals surface area contributed by atoms with Crippen LogP contribution >= 0.6 is 0 Å². The molecule has 22 heavy (non-hydrogen) atoms. The molecule has 2 saturated heterocycles. The van der Waals surface area contributed by atoms with E-state index in [4.69, 9.17) is 4.74 Å². The highest BCUT2D eigenvalue weighted by molar-refractivity contribution is 5.92. The molecule has 2 aliphatic heterocycles. The lowest BCUT2D eigenvalue weighted by Crippen LogP contribution is -2.64. The molecule has 2 fully saturated rings. The molecular formula is C16H26N4O2. The van der Waals surface area contributed by atoms with E-state index < -0.39 is 0 Å². The van der Waals surface area contributed by atoms with Gasteiger partial charge in [-0.05, 0) is 24.8 Å². The molecule has 0 unspecified atom stereocenters. The van der Waals surface area contributed by atoms with E-state index in [0.29, 0.717) is 23.7 Å². The maximum atomic E-state index is 12.3. The number of likely N-dealkylation sites (tertiary alicyclic amines) is 1. The number of carbonyl (C=O) groups is 1. The van der Waals surface area contributed by atoms with Crippen LogP contribution in [0.25, 0.3) is 0 Å². The number of hydrogen-bond acceptors (Lipinski definition) is 4. The summed E-state index contributed by atoms with van der Waals surface area (Å²) >= 11 is 0. The Morgan fingerprint density at radius 2 is 2.14 bits per heavy atom. The molecular weight excluding hydrogens is 280 g/mol. The van der Waals surface area contributed by atoms with Gasteiger partial charge in [-0.3, -0.25) is 14.8 Å². The molecule has 0 aromatic carbocycles. The Balaban J connectivity index is 1.58. The third-order valence-corrected chi connectivity index (χ3v) is 4.59. The molecule has 0 bridgehead atoms. The summed E-state index contributed by atoms with van der Waals surface area (Å²) in [4.78, 5) is 16.8. The van der Waals surface area contributed by atoms with Gasteiger partial charge in [0.15, 0.2) is 0 Å². The van der Waals surface area contributed by atoms with Gasteiger partial charge in [-0.2, -0.15) is 5.10 Å². The first-order valence-electron chi connectivity index (χ1n) is 8.27. The topological polar surface area (TPSA) is 61.5 Å². The number of H-pyrrole nitrogens is 1. The Labute approximate surface area is 131 Å². The molecule has 0 aliphatic carbocycles. The van der Waals surface area contributed by atoms with Crippen LogP contribution in [0.3, 0.4) is 0 Å². The summed E-state index contributed by atoms with van der Waals surface area (Å²) in [5.41, 5.74) is 0.583. The first-order chi connectivity index (χ1) is 10.6. The standard InChI is InChI=1S/C16H26N4O2/c1-12(2)9-20(13-4-7-22-8-5-13)14-10-19(11-14)16(21)15-3-6-17-18-15/h3,6,12-14H,4-5,7-11H2,1-2H3,(H,17,18). The third-order valence-electron chi connectivity index (χ3n) is 4.59. The van der Waals surface area contributed by atoms with Crippen molar-refractivity contribution in [3.05, 3.63) is 18.0 Å². The average molecular weight is 306 g/mol. The van der Waals surface area contributed by atoms with Crippen molar-refractivity contribution >= 4 is 5.91 Å². The second kappa shape index (κ2) is 6.79. The smallest absolute Gasteiger partial charge is 0.271 e. The van der Waals surface area contributed by atoms with Crippen LogP contribution in [0.4, 0.5) is 0 Å². The fraction of sp³-hybridized carbons (Fsp3) is 0.750. The molecule has 0 spiro atoms. The van der Waals surface area contributed by atoms with Crippen molar-refractivity contribution in [1.82, 2.24) is 20.0 Å². The van der Waals surface area contributed by atoms with E-state index in [2.05, 4.69) is 28.9 Å². The summed E-state index contributed by atoms with van der Waals surface area (Å²) in [5, 5.41) is 6.61. The molecule has 1 aromatic heterocycles. The van der Waals surface area contributed by atoms with Crippen LogP contribution in [0.1, 0.15) is 37.2 Å². The zero-order valence-electron chi connectivity index (χ0n) is 13.5. The minimum atomic E-state index is 0.0604. The van der Waals surface area contributed by atoms with Crippen LogP contribution in [-0.4, -0.2) is 70.8 Å². The van der Waals surface area contributed by atoms with Crippen LogP contribution < -0.4 is 0 Å². The van der Waals surface area contributed by atoms with E-state index in [1.54, 1.807) is 12.3 Å². The first kappa shape index (κ1) is 15.5. The van der Waals surface area contributed by atoms with Gasteiger partial charge in [-0.25, -0.2) is 0 Å². The van der Waals surface area contributed by atoms with Gasteiger partial charge in [0.2, 0.25) is 0 Å². The fourth-order valence-corrected chi connectivity index (χ4v) is 3.41. The number of rotatable bonds is 5. The Morgan fingerprint density at radius 1 is 1.41 bits per heavy atom. The molecule has 1 aromatic rings. The van der Waals surface area contributed by atoms with Crippen LogP contribution in [0.15, 0.2) is 12.3 Å². The molecule has 3 rings (SSSR count). The van der Waals surface area contributed by atoms with Crippen LogP contribution in [-0.2, 0) is 4.74 Å². The molecule has 6 heteroatoms. The van der Waals surface area contributed by atoms with Gasteiger partial charge in [-0.15, -0.1) is 0 Å². The van der Waals surface area contributed by atoms with E-state index in [0.717, 1.165) is 45.7 Å². The van der Waals surface area contributed by atoms with Crippen LogP contribution in [0.5, 0.6) is 0 Å². The quantitative estimate of drug-likeness (QED) is 0.892. The number of carbonyl (C=O) groups excluding carboxylic acids is 1. The largest absolute Gasteiger partial charge is 0.381 e. The minimum Gasteiger partial charge on any atom is -0.381 e. The van der Waals surface area contributed by atoms with E-state index in [-0.39, 0.29) is 5.91 Å². The van der Waals surface area contributed by atoms with Crippen molar-refractivity contribution in [2.45, 2.75) is 38.8 Å². The lowest BCUT2D eigenvalue weighted by Gasteiger charge is -2.49. The lowest BCUT2D eigenvalue weighted by molar-refractivity contribution is -0.0295. The number of nitrogens with zero attached hydrogens (tertiary/aromatic N) is 3. The van der Waals surface area contributed by atoms with Gasteiger partial charge in [-0.1, -0.05) is 13.8 Å². The van der Waals surface area contributed by atoms with E-state index in [1.165, 1.54) is 0 Å². The second-order valence-electron chi connectivity index (χ2n) is 6.77. The maximum Gasteiger partial charge on any atom is 0.271 e. The van der Waals surface area contributed by atoms with Gasteiger partial charge < -0.3 is 9.64 Å². The third kappa shape index (κ3) is 3.33. The molecule has 0 radical (unpaired) electrons. The molecule has 2 aliphatic rings. The Bertz CT molecular complexity index is 476. The summed E-state index contributed by atoms with van der Waals surface area (Å²) in [6.07, 6.45) is 3.84. The maximum absolute atomic E-state index is 12.3. The van der Waals surface area contributed by atoms with Crippen molar-refractivity contribution in [3.63, 3.8) is 0 Å². The Kier molecular flexibility index (Phi) is 4.78. The predicted octanol–water partition coefficient (Wildman–Crippen LogP) is 1.37. The summed E-state index contributed by atoms with van der Waals surface area (Å²) in [5.74, 6) is 0.699. The molecule has 1 amide bonds. The van der Waals surface area contributed by atoms with E-state index in [1.807, 2.05) is 4.90 Å². The first-order valence-corrected chi connectivity index (χ1v) is 8.27. The van der Waals surface area contributed by atoms with E-state index >= 15 is 0 Å². The molecule has 0 saturated carbocycles. The normalized spacial score (nSPS) is 20.6. The second-order valence-corrected chi connectivity index (χ2v) is 6.77. The van der Waals surface area contributed by atoms with Crippen molar-refractivity contribution in [3.8, 4) is 0 Å². The molecule has 3 heterocycles.